The molecule has 0 aliphatic carbocycles. The largest absolute Gasteiger partial charge is 0.350 e. The van der Waals surface area contributed by atoms with Crippen LogP contribution in [0.5, 0.6) is 0 Å². The van der Waals surface area contributed by atoms with E-state index in [2.05, 4.69) is 15.6 Å². The summed E-state index contributed by atoms with van der Waals surface area (Å²) in [5.74, 6) is -0.712. The van der Waals surface area contributed by atoms with Gasteiger partial charge in [-0.25, -0.2) is 9.07 Å². The lowest BCUT2D eigenvalue weighted by atomic mass is 10.1. The molecule has 0 saturated carbocycles. The quantitative estimate of drug-likeness (QED) is 0.656. The molecule has 9 heteroatoms. The summed E-state index contributed by atoms with van der Waals surface area (Å²) in [5, 5.41) is 11.2. The van der Waals surface area contributed by atoms with E-state index in [-0.39, 0.29) is 29.2 Å². The normalized spacial score (nSPS) is 16.1. The van der Waals surface area contributed by atoms with E-state index in [1.807, 2.05) is 0 Å². The van der Waals surface area contributed by atoms with Crippen LogP contribution in [0.1, 0.15) is 22.5 Å². The van der Waals surface area contributed by atoms with Crippen LogP contribution in [-0.4, -0.2) is 44.8 Å². The molecule has 1 unspecified atom stereocenters. The van der Waals surface area contributed by atoms with Crippen LogP contribution in [0.25, 0.3) is 5.69 Å². The van der Waals surface area contributed by atoms with Crippen molar-refractivity contribution in [3.8, 4) is 5.69 Å². The summed E-state index contributed by atoms with van der Waals surface area (Å²) < 4.78 is 14.8. The zero-order valence-corrected chi connectivity index (χ0v) is 16.7. The molecule has 7 nitrogen and oxygen atoms in total. The number of carbonyl (C=O) groups is 2. The second kappa shape index (κ2) is 8.62. The second-order valence-corrected chi connectivity index (χ2v) is 7.65. The van der Waals surface area contributed by atoms with Gasteiger partial charge in [0, 0.05) is 37.0 Å². The number of hydrogen-bond acceptors (Lipinski definition) is 4. The molecule has 30 heavy (non-hydrogen) atoms. The first-order valence-corrected chi connectivity index (χ1v) is 9.84. The number of likely N-dealkylation sites (tertiary alicyclic amines) is 1. The molecule has 2 amide bonds. The summed E-state index contributed by atoms with van der Waals surface area (Å²) in [5.41, 5.74) is 1.62. The van der Waals surface area contributed by atoms with Crippen molar-refractivity contribution >= 4 is 23.4 Å². The number of nitrogens with one attached hydrogen (secondary N) is 1. The predicted molar refractivity (Wildman–Crippen MR) is 109 cm³/mol. The van der Waals surface area contributed by atoms with Crippen LogP contribution in [0.4, 0.5) is 4.39 Å². The lowest BCUT2D eigenvalue weighted by molar-refractivity contribution is -0.128. The average molecular weight is 428 g/mol. The van der Waals surface area contributed by atoms with Gasteiger partial charge in [0.2, 0.25) is 5.91 Å². The van der Waals surface area contributed by atoms with Crippen LogP contribution in [0.15, 0.2) is 54.7 Å². The number of hydrogen-bond donors (Lipinski definition) is 1. The summed E-state index contributed by atoms with van der Waals surface area (Å²) in [6.45, 7) is 1.20. The van der Waals surface area contributed by atoms with Crippen molar-refractivity contribution in [2.24, 2.45) is 5.92 Å². The average Bonchev–Trinajstić information content (AvgIpc) is 3.34. The van der Waals surface area contributed by atoms with Gasteiger partial charge in [-0.15, -0.1) is 5.10 Å². The second-order valence-electron chi connectivity index (χ2n) is 7.21. The Balaban J connectivity index is 1.32. The number of rotatable bonds is 6. The Morgan fingerprint density at radius 1 is 1.23 bits per heavy atom. The van der Waals surface area contributed by atoms with Crippen molar-refractivity contribution in [2.45, 2.75) is 13.0 Å². The first-order valence-electron chi connectivity index (χ1n) is 9.46. The highest BCUT2D eigenvalue weighted by Crippen LogP contribution is 2.20. The summed E-state index contributed by atoms with van der Waals surface area (Å²) in [4.78, 5) is 26.4. The van der Waals surface area contributed by atoms with Crippen LogP contribution < -0.4 is 5.32 Å². The van der Waals surface area contributed by atoms with Crippen LogP contribution in [0.2, 0.25) is 5.02 Å². The number of nitrogens with zero attached hydrogens (tertiary/aromatic N) is 4. The number of carbonyl (C=O) groups excluding carboxylic acids is 2. The number of halogens is 2. The highest BCUT2D eigenvalue weighted by Gasteiger charge is 2.30. The van der Waals surface area contributed by atoms with Crippen molar-refractivity contribution in [3.63, 3.8) is 0 Å². The van der Waals surface area contributed by atoms with E-state index in [1.54, 1.807) is 41.3 Å². The molecule has 1 atom stereocenters. The molecular weight excluding hydrogens is 409 g/mol. The SMILES string of the molecule is O=C(NCC1CC(=O)N(Cc2cccc(F)c2)C1)c1cn(-c2cccc(Cl)c2)nn1. The lowest BCUT2D eigenvalue weighted by Gasteiger charge is -2.17. The molecule has 2 aromatic carbocycles. The zero-order chi connectivity index (χ0) is 21.1. The van der Waals surface area contributed by atoms with Gasteiger partial charge in [0.1, 0.15) is 5.82 Å². The molecule has 1 fully saturated rings. The van der Waals surface area contributed by atoms with Gasteiger partial charge in [-0.05, 0) is 35.9 Å². The van der Waals surface area contributed by atoms with Gasteiger partial charge in [0.15, 0.2) is 5.69 Å². The van der Waals surface area contributed by atoms with Gasteiger partial charge in [0.25, 0.3) is 5.91 Å². The summed E-state index contributed by atoms with van der Waals surface area (Å²) in [6, 6.07) is 13.3. The van der Waals surface area contributed by atoms with E-state index >= 15 is 0 Å². The fraction of sp³-hybridized carbons (Fsp3) is 0.238. The maximum atomic E-state index is 13.3. The molecule has 1 aromatic heterocycles. The van der Waals surface area contributed by atoms with E-state index in [0.29, 0.717) is 36.8 Å². The predicted octanol–water partition coefficient (Wildman–Crippen LogP) is 2.84. The standard InChI is InChI=1S/C21H19ClFN5O2/c22-16-4-2-6-18(9-16)28-13-19(25-26-28)21(30)24-10-15-8-20(29)27(12-15)11-14-3-1-5-17(23)7-14/h1-7,9,13,15H,8,10-12H2,(H,24,30). The van der Waals surface area contributed by atoms with E-state index < -0.39 is 0 Å². The highest BCUT2D eigenvalue weighted by molar-refractivity contribution is 6.30. The van der Waals surface area contributed by atoms with Gasteiger partial charge in [0.05, 0.1) is 11.9 Å². The first-order chi connectivity index (χ1) is 14.5. The molecule has 0 spiro atoms. The Morgan fingerprint density at radius 2 is 2.07 bits per heavy atom. The number of aromatic nitrogens is 3. The van der Waals surface area contributed by atoms with E-state index in [9.17, 15) is 14.0 Å². The molecule has 1 aliphatic heterocycles. The molecule has 1 saturated heterocycles. The van der Waals surface area contributed by atoms with Crippen LogP contribution >= 0.6 is 11.6 Å². The van der Waals surface area contributed by atoms with Crippen LogP contribution in [-0.2, 0) is 11.3 Å². The number of benzene rings is 2. The highest BCUT2D eigenvalue weighted by atomic mass is 35.5. The Labute approximate surface area is 177 Å². The van der Waals surface area contributed by atoms with Crippen molar-refractivity contribution in [1.82, 2.24) is 25.2 Å². The fourth-order valence-corrected chi connectivity index (χ4v) is 3.62. The van der Waals surface area contributed by atoms with Gasteiger partial charge in [-0.2, -0.15) is 0 Å². The van der Waals surface area contributed by atoms with Crippen molar-refractivity contribution in [2.75, 3.05) is 13.1 Å². The van der Waals surface area contributed by atoms with E-state index in [0.717, 1.165) is 5.56 Å². The van der Waals surface area contributed by atoms with Gasteiger partial charge < -0.3 is 10.2 Å². The molecule has 0 bridgehead atoms. The minimum absolute atomic E-state index is 0.00888. The summed E-state index contributed by atoms with van der Waals surface area (Å²) in [6.07, 6.45) is 1.86. The maximum Gasteiger partial charge on any atom is 0.273 e. The van der Waals surface area contributed by atoms with Gasteiger partial charge in [-0.3, -0.25) is 9.59 Å². The van der Waals surface area contributed by atoms with E-state index in [1.165, 1.54) is 23.0 Å². The summed E-state index contributed by atoms with van der Waals surface area (Å²) in [7, 11) is 0. The van der Waals surface area contributed by atoms with Crippen LogP contribution in [0.3, 0.4) is 0 Å². The molecule has 3 aromatic rings. The van der Waals surface area contributed by atoms with Gasteiger partial charge in [-0.1, -0.05) is 35.0 Å². The Hall–Kier alpha value is -3.26. The first kappa shape index (κ1) is 20.0. The van der Waals surface area contributed by atoms with Crippen LogP contribution in [0, 0.1) is 11.7 Å². The molecule has 1 aliphatic rings. The number of amides is 2. The monoisotopic (exact) mass is 427 g/mol. The molecule has 1 N–H and O–H groups in total. The molecule has 2 heterocycles. The van der Waals surface area contributed by atoms with Crippen molar-refractivity contribution in [1.29, 1.82) is 0 Å². The Bertz CT molecular complexity index is 1090. The van der Waals surface area contributed by atoms with Crippen molar-refractivity contribution in [3.05, 3.63) is 76.8 Å². The molecule has 4 rings (SSSR count). The third-order valence-electron chi connectivity index (χ3n) is 4.91. The fourth-order valence-electron chi connectivity index (χ4n) is 3.44. The smallest absolute Gasteiger partial charge is 0.273 e. The zero-order valence-electron chi connectivity index (χ0n) is 16.0. The Morgan fingerprint density at radius 3 is 2.87 bits per heavy atom. The topological polar surface area (TPSA) is 80.1 Å². The third kappa shape index (κ3) is 4.65. The van der Waals surface area contributed by atoms with Gasteiger partial charge >= 0.3 is 0 Å². The van der Waals surface area contributed by atoms with E-state index in [4.69, 9.17) is 11.6 Å². The molecule has 0 radical (unpaired) electrons. The molecular formula is C21H19ClFN5O2. The third-order valence-corrected chi connectivity index (χ3v) is 5.14. The summed E-state index contributed by atoms with van der Waals surface area (Å²) >= 11 is 5.98. The maximum absolute atomic E-state index is 13.3. The molecule has 154 valence electrons. The Kier molecular flexibility index (Phi) is 5.76. The minimum Gasteiger partial charge on any atom is -0.350 e. The van der Waals surface area contributed by atoms with Crippen molar-refractivity contribution < 1.29 is 14.0 Å². The minimum atomic E-state index is -0.362. The lowest BCUT2D eigenvalue weighted by Crippen LogP contribution is -2.31.